The van der Waals surface area contributed by atoms with E-state index in [0.717, 1.165) is 13.0 Å². The average molecular weight is 398 g/mol. The fourth-order valence-electron chi connectivity index (χ4n) is 4.69. The van der Waals surface area contributed by atoms with Crippen LogP contribution in [0.3, 0.4) is 0 Å². The van der Waals surface area contributed by atoms with Gasteiger partial charge in [0.15, 0.2) is 0 Å². The first-order valence-electron chi connectivity index (χ1n) is 10.0. The Labute approximate surface area is 174 Å². The number of nitrogens with zero attached hydrogens (tertiary/aromatic N) is 1. The van der Waals surface area contributed by atoms with E-state index in [1.165, 1.54) is 22.3 Å². The molecule has 3 aromatic carbocycles. The molecule has 3 heteroatoms. The molecule has 2 aliphatic rings. The minimum absolute atomic E-state index is 0.131. The zero-order valence-corrected chi connectivity index (χ0v) is 17.0. The van der Waals surface area contributed by atoms with Crippen LogP contribution in [-0.4, -0.2) is 20.9 Å². The molecule has 144 valence electrons. The van der Waals surface area contributed by atoms with Crippen LogP contribution in [0.5, 0.6) is 0 Å². The number of fused-ring (bicyclic) bond motifs is 1. The third-order valence-electron chi connectivity index (χ3n) is 5.99. The molecule has 0 saturated carbocycles. The van der Waals surface area contributed by atoms with Crippen molar-refractivity contribution in [1.82, 2.24) is 4.90 Å². The second-order valence-corrected chi connectivity index (χ2v) is 9.04. The Hall–Kier alpha value is -2.91. The molecule has 5 rings (SSSR count). The van der Waals surface area contributed by atoms with Gasteiger partial charge in [-0.25, -0.2) is 0 Å². The topological polar surface area (TPSA) is 20.3 Å². The summed E-state index contributed by atoms with van der Waals surface area (Å²) >= 11 is 0. The Bertz CT molecular complexity index is 977. The molecule has 29 heavy (non-hydrogen) atoms. The van der Waals surface area contributed by atoms with E-state index in [0.29, 0.717) is 0 Å². The van der Waals surface area contributed by atoms with Gasteiger partial charge in [0, 0.05) is 18.2 Å². The molecule has 3 aromatic rings. The molecule has 2 heterocycles. The largest absolute Gasteiger partial charge is 0.360 e. The van der Waals surface area contributed by atoms with Crippen molar-refractivity contribution < 1.29 is 4.21 Å². The molecule has 0 saturated heterocycles. The summed E-state index contributed by atoms with van der Waals surface area (Å²) in [6, 6.07) is 32.2. The van der Waals surface area contributed by atoms with Gasteiger partial charge in [0.1, 0.15) is 5.54 Å². The third kappa shape index (κ3) is 2.97. The second kappa shape index (κ2) is 7.49. The molecule has 0 aromatic heterocycles. The molecular formula is C26H23NOS. The summed E-state index contributed by atoms with van der Waals surface area (Å²) in [5.74, 6) is 0. The lowest BCUT2D eigenvalue weighted by Gasteiger charge is -2.47. The first-order valence-corrected chi connectivity index (χ1v) is 11.3. The molecule has 0 fully saturated rings. The van der Waals surface area contributed by atoms with E-state index in [1.807, 2.05) is 11.5 Å². The molecule has 0 spiro atoms. The predicted molar refractivity (Wildman–Crippen MR) is 120 cm³/mol. The highest BCUT2D eigenvalue weighted by Gasteiger charge is 2.43. The van der Waals surface area contributed by atoms with Crippen LogP contribution in [0, 0.1) is 0 Å². The van der Waals surface area contributed by atoms with Crippen molar-refractivity contribution in [3.8, 4) is 0 Å². The van der Waals surface area contributed by atoms with Crippen molar-refractivity contribution in [3.05, 3.63) is 131 Å². The Morgan fingerprint density at radius 3 is 1.72 bits per heavy atom. The van der Waals surface area contributed by atoms with Gasteiger partial charge in [0.25, 0.3) is 0 Å². The van der Waals surface area contributed by atoms with Crippen molar-refractivity contribution in [2.75, 3.05) is 6.54 Å². The molecular weight excluding hydrogens is 374 g/mol. The average Bonchev–Trinajstić information content (AvgIpc) is 3.17. The Kier molecular flexibility index (Phi) is 4.69. The Balaban J connectivity index is 1.80. The van der Waals surface area contributed by atoms with Crippen molar-refractivity contribution in [2.24, 2.45) is 0 Å². The summed E-state index contributed by atoms with van der Waals surface area (Å²) in [7, 11) is -0.890. The number of rotatable bonds is 4. The molecule has 0 radical (unpaired) electrons. The van der Waals surface area contributed by atoms with Crippen LogP contribution in [0.2, 0.25) is 0 Å². The van der Waals surface area contributed by atoms with E-state index >= 15 is 0 Å². The van der Waals surface area contributed by atoms with Gasteiger partial charge in [-0.15, -0.1) is 0 Å². The SMILES string of the molecule is O=S1C=CC2=CN(C(c3ccccc3)(c3ccccc3)c3ccccc3)CCC21. The van der Waals surface area contributed by atoms with E-state index in [-0.39, 0.29) is 5.25 Å². The van der Waals surface area contributed by atoms with Crippen LogP contribution >= 0.6 is 0 Å². The van der Waals surface area contributed by atoms with Crippen LogP contribution in [0.4, 0.5) is 0 Å². The number of benzene rings is 3. The summed E-state index contributed by atoms with van der Waals surface area (Å²) in [5.41, 5.74) is 4.42. The summed E-state index contributed by atoms with van der Waals surface area (Å²) in [6.07, 6.45) is 5.17. The van der Waals surface area contributed by atoms with Crippen LogP contribution in [-0.2, 0) is 16.3 Å². The Morgan fingerprint density at radius 1 is 0.759 bits per heavy atom. The zero-order chi connectivity index (χ0) is 19.7. The molecule has 2 atom stereocenters. The van der Waals surface area contributed by atoms with Crippen LogP contribution in [0.15, 0.2) is 114 Å². The summed E-state index contributed by atoms with van der Waals surface area (Å²) < 4.78 is 12.3. The standard InChI is InChI=1S/C26H23NOS/c28-29-19-17-21-20-27(18-16-25(21)29)26(22-10-4-1-5-11-22,23-12-6-2-7-13-23)24-14-8-3-9-15-24/h1-15,17,19-20,25H,16,18H2. The van der Waals surface area contributed by atoms with Crippen molar-refractivity contribution >= 4 is 10.8 Å². The highest BCUT2D eigenvalue weighted by Crippen LogP contribution is 2.45. The lowest BCUT2D eigenvalue weighted by atomic mass is 9.75. The van der Waals surface area contributed by atoms with Crippen LogP contribution in [0.25, 0.3) is 0 Å². The minimum Gasteiger partial charge on any atom is -0.360 e. The van der Waals surface area contributed by atoms with E-state index in [4.69, 9.17) is 0 Å². The van der Waals surface area contributed by atoms with Crippen molar-refractivity contribution in [2.45, 2.75) is 17.2 Å². The van der Waals surface area contributed by atoms with E-state index in [9.17, 15) is 4.21 Å². The molecule has 0 bridgehead atoms. The highest BCUT2D eigenvalue weighted by molar-refractivity contribution is 7.89. The molecule has 0 amide bonds. The molecule has 0 N–H and O–H groups in total. The summed E-state index contributed by atoms with van der Waals surface area (Å²) in [5, 5.41) is 1.97. The third-order valence-corrected chi connectivity index (χ3v) is 7.46. The van der Waals surface area contributed by atoms with Gasteiger partial charge in [-0.1, -0.05) is 91.0 Å². The maximum absolute atomic E-state index is 12.3. The maximum atomic E-state index is 12.3. The molecule has 2 aliphatic heterocycles. The van der Waals surface area contributed by atoms with Crippen molar-refractivity contribution in [3.63, 3.8) is 0 Å². The molecule has 2 nitrogen and oxygen atoms in total. The van der Waals surface area contributed by atoms with Crippen LogP contribution < -0.4 is 0 Å². The normalized spacial score (nSPS) is 21.0. The predicted octanol–water partition coefficient (Wildman–Crippen LogP) is 5.21. The first-order chi connectivity index (χ1) is 14.3. The number of allylic oxidation sites excluding steroid dienone is 1. The van der Waals surface area contributed by atoms with Gasteiger partial charge in [0.05, 0.1) is 16.0 Å². The fourth-order valence-corrected chi connectivity index (χ4v) is 5.92. The molecule has 2 unspecified atom stereocenters. The van der Waals surface area contributed by atoms with Gasteiger partial charge in [-0.2, -0.15) is 0 Å². The smallest absolute Gasteiger partial charge is 0.116 e. The van der Waals surface area contributed by atoms with Crippen molar-refractivity contribution in [1.29, 1.82) is 0 Å². The van der Waals surface area contributed by atoms with Gasteiger partial charge in [-0.05, 0) is 34.8 Å². The number of hydrogen-bond donors (Lipinski definition) is 0. The van der Waals surface area contributed by atoms with E-state index < -0.39 is 16.3 Å². The fraction of sp³-hybridized carbons (Fsp3) is 0.154. The van der Waals surface area contributed by atoms with E-state index in [2.05, 4.69) is 102 Å². The second-order valence-electron chi connectivity index (χ2n) is 7.54. The first kappa shape index (κ1) is 18.1. The van der Waals surface area contributed by atoms with Gasteiger partial charge in [0.2, 0.25) is 0 Å². The Morgan fingerprint density at radius 2 is 1.24 bits per heavy atom. The zero-order valence-electron chi connectivity index (χ0n) is 16.1. The van der Waals surface area contributed by atoms with Gasteiger partial charge >= 0.3 is 0 Å². The maximum Gasteiger partial charge on any atom is 0.116 e. The lowest BCUT2D eigenvalue weighted by Crippen LogP contribution is -2.48. The van der Waals surface area contributed by atoms with E-state index in [1.54, 1.807) is 0 Å². The highest BCUT2D eigenvalue weighted by atomic mass is 32.2. The quantitative estimate of drug-likeness (QED) is 0.563. The lowest BCUT2D eigenvalue weighted by molar-refractivity contribution is 0.219. The molecule has 0 aliphatic carbocycles. The van der Waals surface area contributed by atoms with Gasteiger partial charge in [-0.3, -0.25) is 4.21 Å². The number of hydrogen-bond acceptors (Lipinski definition) is 2. The van der Waals surface area contributed by atoms with Crippen LogP contribution in [0.1, 0.15) is 23.1 Å². The summed E-state index contributed by atoms with van der Waals surface area (Å²) in [6.45, 7) is 0.847. The minimum atomic E-state index is -0.890. The summed E-state index contributed by atoms with van der Waals surface area (Å²) in [4.78, 5) is 2.45. The monoisotopic (exact) mass is 397 g/mol. The van der Waals surface area contributed by atoms with Gasteiger partial charge < -0.3 is 4.90 Å².